The highest BCUT2D eigenvalue weighted by Crippen LogP contribution is 2.11. The fraction of sp³-hybridized carbons (Fsp3) is 0.929. The zero-order valence-electron chi connectivity index (χ0n) is 11.7. The van der Waals surface area contributed by atoms with Crippen LogP contribution in [0, 0.1) is 0 Å². The van der Waals surface area contributed by atoms with Crippen LogP contribution in [0.25, 0.3) is 0 Å². The molecule has 0 saturated carbocycles. The smallest absolute Gasteiger partial charge is 0.236 e. The predicted molar refractivity (Wildman–Crippen MR) is 73.6 cm³/mol. The van der Waals surface area contributed by atoms with Crippen LogP contribution in [0.3, 0.4) is 0 Å². The van der Waals surface area contributed by atoms with Gasteiger partial charge in [-0.3, -0.25) is 9.69 Å². The van der Waals surface area contributed by atoms with Crippen LogP contribution >= 0.6 is 0 Å². The summed E-state index contributed by atoms with van der Waals surface area (Å²) in [5, 5.41) is 3.42. The Labute approximate surface area is 111 Å². The maximum atomic E-state index is 12.3. The van der Waals surface area contributed by atoms with Crippen molar-refractivity contribution in [2.75, 3.05) is 39.3 Å². The number of hydrogen-bond acceptors (Lipinski definition) is 3. The maximum absolute atomic E-state index is 12.3. The molecule has 4 nitrogen and oxygen atoms in total. The molecule has 0 bridgehead atoms. The lowest BCUT2D eigenvalue weighted by atomic mass is 10.1. The van der Waals surface area contributed by atoms with Crippen molar-refractivity contribution >= 4 is 5.91 Å². The molecule has 0 aromatic carbocycles. The van der Waals surface area contributed by atoms with Crippen LogP contribution in [0.15, 0.2) is 0 Å². The zero-order chi connectivity index (χ0) is 12.8. The molecule has 0 radical (unpaired) electrons. The lowest BCUT2D eigenvalue weighted by molar-refractivity contribution is -0.133. The summed E-state index contributed by atoms with van der Waals surface area (Å²) in [6.45, 7) is 7.76. The quantitative estimate of drug-likeness (QED) is 0.800. The van der Waals surface area contributed by atoms with E-state index in [1.807, 2.05) is 0 Å². The number of carbonyl (C=O) groups excluding carboxylic acids is 1. The highest BCUT2D eigenvalue weighted by Gasteiger charge is 2.21. The Morgan fingerprint density at radius 3 is 2.44 bits per heavy atom. The van der Waals surface area contributed by atoms with E-state index in [-0.39, 0.29) is 0 Å². The third-order valence-electron chi connectivity index (χ3n) is 4.02. The zero-order valence-corrected chi connectivity index (χ0v) is 11.7. The van der Waals surface area contributed by atoms with E-state index in [4.69, 9.17) is 0 Å². The highest BCUT2D eigenvalue weighted by molar-refractivity contribution is 5.78. The van der Waals surface area contributed by atoms with E-state index in [0.29, 0.717) is 18.5 Å². The normalized spacial score (nSPS) is 27.6. The number of hydrogen-bond donors (Lipinski definition) is 1. The average molecular weight is 253 g/mol. The molecule has 104 valence electrons. The van der Waals surface area contributed by atoms with Gasteiger partial charge in [-0.1, -0.05) is 19.3 Å². The molecule has 1 atom stereocenters. The summed E-state index contributed by atoms with van der Waals surface area (Å²) in [6.07, 6.45) is 6.29. The standard InChI is InChI=1S/C14H27N3O/c1-13-11-16(10-7-15-13)12-14(18)17-8-5-3-2-4-6-9-17/h13,15H,2-12H2,1H3/t13-/m1/s1. The second kappa shape index (κ2) is 7.10. The number of likely N-dealkylation sites (tertiary alicyclic amines) is 1. The van der Waals surface area contributed by atoms with Crippen LogP contribution < -0.4 is 5.32 Å². The lowest BCUT2D eigenvalue weighted by Gasteiger charge is -2.33. The fourth-order valence-corrected chi connectivity index (χ4v) is 2.94. The van der Waals surface area contributed by atoms with Crippen molar-refractivity contribution in [3.8, 4) is 0 Å². The van der Waals surface area contributed by atoms with E-state index in [1.165, 1.54) is 32.1 Å². The van der Waals surface area contributed by atoms with E-state index in [1.54, 1.807) is 0 Å². The van der Waals surface area contributed by atoms with Gasteiger partial charge < -0.3 is 10.2 Å². The van der Waals surface area contributed by atoms with Crippen LogP contribution in [0.2, 0.25) is 0 Å². The summed E-state index contributed by atoms with van der Waals surface area (Å²) >= 11 is 0. The Morgan fingerprint density at radius 2 is 1.78 bits per heavy atom. The maximum Gasteiger partial charge on any atom is 0.236 e. The van der Waals surface area contributed by atoms with E-state index in [9.17, 15) is 4.79 Å². The molecule has 0 aromatic rings. The van der Waals surface area contributed by atoms with Gasteiger partial charge in [-0.2, -0.15) is 0 Å². The Kier molecular flexibility index (Phi) is 5.45. The van der Waals surface area contributed by atoms with E-state index >= 15 is 0 Å². The van der Waals surface area contributed by atoms with E-state index in [2.05, 4.69) is 22.0 Å². The van der Waals surface area contributed by atoms with Gasteiger partial charge in [0, 0.05) is 38.8 Å². The summed E-state index contributed by atoms with van der Waals surface area (Å²) in [5.41, 5.74) is 0. The molecule has 2 fully saturated rings. The van der Waals surface area contributed by atoms with Gasteiger partial charge in [0.25, 0.3) is 0 Å². The highest BCUT2D eigenvalue weighted by atomic mass is 16.2. The van der Waals surface area contributed by atoms with Gasteiger partial charge in [0.1, 0.15) is 0 Å². The Hall–Kier alpha value is -0.610. The number of nitrogens with one attached hydrogen (secondary N) is 1. The topological polar surface area (TPSA) is 35.6 Å². The van der Waals surface area contributed by atoms with Gasteiger partial charge >= 0.3 is 0 Å². The third kappa shape index (κ3) is 4.25. The molecule has 0 aromatic heterocycles. The summed E-state index contributed by atoms with van der Waals surface area (Å²) in [5.74, 6) is 0.339. The molecule has 2 saturated heterocycles. The minimum Gasteiger partial charge on any atom is -0.342 e. The van der Waals surface area contributed by atoms with Gasteiger partial charge in [0.05, 0.1) is 6.54 Å². The molecule has 0 unspecified atom stereocenters. The van der Waals surface area contributed by atoms with Crippen molar-refractivity contribution in [1.29, 1.82) is 0 Å². The van der Waals surface area contributed by atoms with Crippen LogP contribution in [0.4, 0.5) is 0 Å². The molecule has 1 N–H and O–H groups in total. The van der Waals surface area contributed by atoms with Gasteiger partial charge in [-0.15, -0.1) is 0 Å². The number of piperazine rings is 1. The fourth-order valence-electron chi connectivity index (χ4n) is 2.94. The molecule has 1 amide bonds. The van der Waals surface area contributed by atoms with Crippen molar-refractivity contribution in [2.24, 2.45) is 0 Å². The minimum absolute atomic E-state index is 0.339. The van der Waals surface area contributed by atoms with Crippen LogP contribution in [0.1, 0.15) is 39.0 Å². The molecular weight excluding hydrogens is 226 g/mol. The largest absolute Gasteiger partial charge is 0.342 e. The molecule has 0 spiro atoms. The Balaban J connectivity index is 1.78. The van der Waals surface area contributed by atoms with E-state index < -0.39 is 0 Å². The van der Waals surface area contributed by atoms with Crippen LogP contribution in [-0.2, 0) is 4.79 Å². The lowest BCUT2D eigenvalue weighted by Crippen LogP contribution is -2.52. The molecule has 0 aliphatic carbocycles. The number of carbonyl (C=O) groups is 1. The van der Waals surface area contributed by atoms with Crippen molar-refractivity contribution in [1.82, 2.24) is 15.1 Å². The van der Waals surface area contributed by atoms with Crippen molar-refractivity contribution in [2.45, 2.75) is 45.1 Å². The molecule has 2 heterocycles. The minimum atomic E-state index is 0.339. The number of nitrogens with zero attached hydrogens (tertiary/aromatic N) is 2. The van der Waals surface area contributed by atoms with Crippen molar-refractivity contribution in [3.63, 3.8) is 0 Å². The molecule has 2 aliphatic rings. The molecule has 2 rings (SSSR count). The van der Waals surface area contributed by atoms with Crippen LogP contribution in [-0.4, -0.2) is 61.0 Å². The molecule has 4 heteroatoms. The third-order valence-corrected chi connectivity index (χ3v) is 4.02. The first-order valence-corrected chi connectivity index (χ1v) is 7.49. The predicted octanol–water partition coefficient (Wildman–Crippen LogP) is 1.07. The number of amides is 1. The van der Waals surface area contributed by atoms with E-state index in [0.717, 1.165) is 32.7 Å². The van der Waals surface area contributed by atoms with Crippen molar-refractivity contribution in [3.05, 3.63) is 0 Å². The summed E-state index contributed by atoms with van der Waals surface area (Å²) < 4.78 is 0. The summed E-state index contributed by atoms with van der Waals surface area (Å²) in [4.78, 5) is 16.7. The summed E-state index contributed by atoms with van der Waals surface area (Å²) in [7, 11) is 0. The summed E-state index contributed by atoms with van der Waals surface area (Å²) in [6, 6.07) is 0.513. The first-order valence-electron chi connectivity index (χ1n) is 7.49. The first-order chi connectivity index (χ1) is 8.75. The van der Waals surface area contributed by atoms with Gasteiger partial charge in [0.2, 0.25) is 5.91 Å². The average Bonchev–Trinajstić information content (AvgIpc) is 2.28. The van der Waals surface area contributed by atoms with Crippen molar-refractivity contribution < 1.29 is 4.79 Å². The molecule has 2 aliphatic heterocycles. The molecule has 18 heavy (non-hydrogen) atoms. The SMILES string of the molecule is C[C@@H]1CN(CC(=O)N2CCCCCCC2)CCN1. The number of rotatable bonds is 2. The van der Waals surface area contributed by atoms with Gasteiger partial charge in [-0.25, -0.2) is 0 Å². The van der Waals surface area contributed by atoms with Gasteiger partial charge in [0.15, 0.2) is 0 Å². The van der Waals surface area contributed by atoms with Crippen LogP contribution in [0.5, 0.6) is 0 Å². The Bertz CT molecular complexity index is 262. The van der Waals surface area contributed by atoms with Gasteiger partial charge in [-0.05, 0) is 19.8 Å². The monoisotopic (exact) mass is 253 g/mol. The first kappa shape index (κ1) is 13.8. The second-order valence-corrected chi connectivity index (χ2v) is 5.74. The Morgan fingerprint density at radius 1 is 1.11 bits per heavy atom. The molecular formula is C14H27N3O. The second-order valence-electron chi connectivity index (χ2n) is 5.74.